The fourth-order valence-corrected chi connectivity index (χ4v) is 1.58. The van der Waals surface area contributed by atoms with Gasteiger partial charge < -0.3 is 15.0 Å². The third-order valence-electron chi connectivity index (χ3n) is 2.39. The lowest BCUT2D eigenvalue weighted by Gasteiger charge is -2.22. The maximum atomic E-state index is 5.10. The van der Waals surface area contributed by atoms with Gasteiger partial charge in [-0.05, 0) is 19.2 Å². The van der Waals surface area contributed by atoms with Crippen LogP contribution in [0.1, 0.15) is 5.69 Å². The molecule has 0 aliphatic heterocycles. The van der Waals surface area contributed by atoms with Gasteiger partial charge in [0.1, 0.15) is 5.82 Å². The molecule has 1 rings (SSSR count). The lowest BCUT2D eigenvalue weighted by atomic mass is 10.3. The monoisotopic (exact) mass is 235 g/mol. The van der Waals surface area contributed by atoms with Crippen LogP contribution in [0.3, 0.4) is 0 Å². The van der Waals surface area contributed by atoms with E-state index in [4.69, 9.17) is 4.74 Å². The first-order chi connectivity index (χ1) is 8.31. The van der Waals surface area contributed by atoms with Crippen LogP contribution in [-0.4, -0.2) is 38.8 Å². The minimum Gasteiger partial charge on any atom is -0.383 e. The fraction of sp³-hybridized carbons (Fsp3) is 0.462. The number of nitrogens with zero attached hydrogens (tertiary/aromatic N) is 2. The Balaban J connectivity index is 2.76. The van der Waals surface area contributed by atoms with Crippen molar-refractivity contribution >= 4 is 5.82 Å². The number of rotatable bonds is 8. The minimum atomic E-state index is 0.686. The molecule has 17 heavy (non-hydrogen) atoms. The van der Waals surface area contributed by atoms with Crippen molar-refractivity contribution in [3.8, 4) is 0 Å². The second-order valence-electron chi connectivity index (χ2n) is 3.74. The average molecular weight is 235 g/mol. The van der Waals surface area contributed by atoms with Crippen LogP contribution in [0, 0.1) is 0 Å². The molecule has 0 atom stereocenters. The molecule has 1 aromatic rings. The molecular formula is C13H21N3O. The second kappa shape index (κ2) is 7.81. The lowest BCUT2D eigenvalue weighted by molar-refractivity contribution is 0.205. The van der Waals surface area contributed by atoms with E-state index in [0.717, 1.165) is 31.1 Å². The van der Waals surface area contributed by atoms with Gasteiger partial charge in [0, 0.05) is 26.7 Å². The van der Waals surface area contributed by atoms with Crippen LogP contribution < -0.4 is 10.2 Å². The topological polar surface area (TPSA) is 37.4 Å². The lowest BCUT2D eigenvalue weighted by Crippen LogP contribution is -2.28. The number of hydrogen-bond donors (Lipinski definition) is 1. The van der Waals surface area contributed by atoms with Gasteiger partial charge in [0.2, 0.25) is 0 Å². The standard InChI is InChI=1S/C13H21N3O/c1-4-8-16(9-10-17-3)13-7-5-6-12(15-13)11-14-2/h4-7,14H,1,8-11H2,2-3H3. The van der Waals surface area contributed by atoms with Crippen molar-refractivity contribution < 1.29 is 4.74 Å². The van der Waals surface area contributed by atoms with Crippen molar-refractivity contribution in [2.24, 2.45) is 0 Å². The van der Waals surface area contributed by atoms with Crippen LogP contribution in [0.4, 0.5) is 5.82 Å². The number of ether oxygens (including phenoxy) is 1. The number of methoxy groups -OCH3 is 1. The fourth-order valence-electron chi connectivity index (χ4n) is 1.58. The van der Waals surface area contributed by atoms with Gasteiger partial charge in [-0.25, -0.2) is 4.98 Å². The Morgan fingerprint density at radius 1 is 1.53 bits per heavy atom. The summed E-state index contributed by atoms with van der Waals surface area (Å²) in [6.45, 7) is 6.83. The van der Waals surface area contributed by atoms with Crippen LogP contribution >= 0.6 is 0 Å². The molecule has 0 saturated heterocycles. The van der Waals surface area contributed by atoms with Gasteiger partial charge in [0.15, 0.2) is 0 Å². The van der Waals surface area contributed by atoms with Crippen molar-refractivity contribution in [3.63, 3.8) is 0 Å². The van der Waals surface area contributed by atoms with E-state index >= 15 is 0 Å². The Morgan fingerprint density at radius 2 is 2.35 bits per heavy atom. The molecule has 4 nitrogen and oxygen atoms in total. The highest BCUT2D eigenvalue weighted by molar-refractivity contribution is 5.40. The van der Waals surface area contributed by atoms with Crippen molar-refractivity contribution in [3.05, 3.63) is 36.5 Å². The number of aromatic nitrogens is 1. The van der Waals surface area contributed by atoms with Gasteiger partial charge in [-0.3, -0.25) is 0 Å². The van der Waals surface area contributed by atoms with Crippen LogP contribution in [0.25, 0.3) is 0 Å². The van der Waals surface area contributed by atoms with Crippen LogP contribution in [0.15, 0.2) is 30.9 Å². The highest BCUT2D eigenvalue weighted by atomic mass is 16.5. The van der Waals surface area contributed by atoms with E-state index < -0.39 is 0 Å². The molecular weight excluding hydrogens is 214 g/mol. The Kier molecular flexibility index (Phi) is 6.29. The first-order valence-electron chi connectivity index (χ1n) is 5.77. The van der Waals surface area contributed by atoms with E-state index in [0.29, 0.717) is 6.61 Å². The zero-order valence-electron chi connectivity index (χ0n) is 10.6. The quantitative estimate of drug-likeness (QED) is 0.692. The average Bonchev–Trinajstić information content (AvgIpc) is 2.35. The summed E-state index contributed by atoms with van der Waals surface area (Å²) in [7, 11) is 3.62. The van der Waals surface area contributed by atoms with E-state index in [1.54, 1.807) is 7.11 Å². The number of pyridine rings is 1. The summed E-state index contributed by atoms with van der Waals surface area (Å²) in [5, 5.41) is 3.10. The number of anilines is 1. The summed E-state index contributed by atoms with van der Waals surface area (Å²) in [5.41, 5.74) is 1.04. The molecule has 1 aromatic heterocycles. The highest BCUT2D eigenvalue weighted by Gasteiger charge is 2.06. The minimum absolute atomic E-state index is 0.686. The summed E-state index contributed by atoms with van der Waals surface area (Å²) in [6, 6.07) is 6.05. The molecule has 1 N–H and O–H groups in total. The Morgan fingerprint density at radius 3 is 3.00 bits per heavy atom. The van der Waals surface area contributed by atoms with Crippen molar-refractivity contribution in [1.29, 1.82) is 0 Å². The third-order valence-corrected chi connectivity index (χ3v) is 2.39. The normalized spacial score (nSPS) is 10.2. The predicted octanol–water partition coefficient (Wildman–Crippen LogP) is 1.44. The molecule has 1 heterocycles. The van der Waals surface area contributed by atoms with Gasteiger partial charge in [-0.2, -0.15) is 0 Å². The smallest absolute Gasteiger partial charge is 0.129 e. The molecule has 0 radical (unpaired) electrons. The molecule has 0 aliphatic carbocycles. The molecule has 0 saturated carbocycles. The summed E-state index contributed by atoms with van der Waals surface area (Å²) in [4.78, 5) is 6.74. The summed E-state index contributed by atoms with van der Waals surface area (Å²) in [5.74, 6) is 0.967. The second-order valence-corrected chi connectivity index (χ2v) is 3.74. The molecule has 0 spiro atoms. The Bertz CT molecular complexity index is 341. The molecule has 0 unspecified atom stereocenters. The largest absolute Gasteiger partial charge is 0.383 e. The van der Waals surface area contributed by atoms with E-state index in [9.17, 15) is 0 Å². The van der Waals surface area contributed by atoms with Gasteiger partial charge in [-0.1, -0.05) is 12.1 Å². The van der Waals surface area contributed by atoms with Crippen molar-refractivity contribution in [2.75, 3.05) is 38.8 Å². The molecule has 4 heteroatoms. The third kappa shape index (κ3) is 4.54. The van der Waals surface area contributed by atoms with Crippen LogP contribution in [0.5, 0.6) is 0 Å². The maximum Gasteiger partial charge on any atom is 0.129 e. The van der Waals surface area contributed by atoms with Gasteiger partial charge >= 0.3 is 0 Å². The molecule has 0 amide bonds. The number of hydrogen-bond acceptors (Lipinski definition) is 4. The molecule has 0 fully saturated rings. The molecule has 0 aliphatic rings. The SMILES string of the molecule is C=CCN(CCOC)c1cccc(CNC)n1. The molecule has 0 bridgehead atoms. The summed E-state index contributed by atoms with van der Waals surface area (Å²) >= 11 is 0. The van der Waals surface area contributed by atoms with Crippen molar-refractivity contribution in [2.45, 2.75) is 6.54 Å². The predicted molar refractivity (Wildman–Crippen MR) is 71.3 cm³/mol. The molecule has 94 valence electrons. The highest BCUT2D eigenvalue weighted by Crippen LogP contribution is 2.11. The Labute approximate surface area is 103 Å². The van der Waals surface area contributed by atoms with Gasteiger partial charge in [-0.15, -0.1) is 6.58 Å². The summed E-state index contributed by atoms with van der Waals surface area (Å²) in [6.07, 6.45) is 1.88. The maximum absolute atomic E-state index is 5.10. The Hall–Kier alpha value is -1.39. The van der Waals surface area contributed by atoms with E-state index in [1.807, 2.05) is 31.3 Å². The summed E-state index contributed by atoms with van der Waals surface area (Å²) < 4.78 is 5.10. The van der Waals surface area contributed by atoms with Crippen LogP contribution in [0.2, 0.25) is 0 Å². The van der Waals surface area contributed by atoms with Crippen LogP contribution in [-0.2, 0) is 11.3 Å². The first kappa shape index (κ1) is 13.7. The van der Waals surface area contributed by atoms with Gasteiger partial charge in [0.25, 0.3) is 0 Å². The molecule has 0 aromatic carbocycles. The zero-order chi connectivity index (χ0) is 12.5. The van der Waals surface area contributed by atoms with E-state index in [-0.39, 0.29) is 0 Å². The van der Waals surface area contributed by atoms with E-state index in [1.165, 1.54) is 0 Å². The first-order valence-corrected chi connectivity index (χ1v) is 5.77. The van der Waals surface area contributed by atoms with Gasteiger partial charge in [0.05, 0.1) is 12.3 Å². The van der Waals surface area contributed by atoms with E-state index in [2.05, 4.69) is 21.8 Å². The van der Waals surface area contributed by atoms with Crippen molar-refractivity contribution in [1.82, 2.24) is 10.3 Å². The number of nitrogens with one attached hydrogen (secondary N) is 1. The zero-order valence-corrected chi connectivity index (χ0v) is 10.6.